The number of hydrogen-bond acceptors (Lipinski definition) is 13. The van der Waals surface area contributed by atoms with E-state index in [0.717, 1.165) is 24.0 Å². The molecule has 3 heterocycles. The molecule has 1 aromatic heterocycles. The second kappa shape index (κ2) is 10.8. The molecule has 0 aliphatic carbocycles. The molecule has 1 saturated heterocycles. The fraction of sp³-hybridized carbons (Fsp3) is 0.273. The van der Waals surface area contributed by atoms with Crippen LogP contribution < -0.4 is 21.8 Å². The van der Waals surface area contributed by atoms with Gasteiger partial charge in [-0.05, 0) is 13.8 Å². The summed E-state index contributed by atoms with van der Waals surface area (Å²) in [4.78, 5) is 43.7. The molecule has 1 fully saturated rings. The molecule has 2 aliphatic rings. The first-order chi connectivity index (χ1) is 18.7. The van der Waals surface area contributed by atoms with E-state index >= 15 is 0 Å². The van der Waals surface area contributed by atoms with Gasteiger partial charge in [0.2, 0.25) is 5.43 Å². The van der Waals surface area contributed by atoms with E-state index in [1.807, 2.05) is 0 Å². The van der Waals surface area contributed by atoms with E-state index < -0.39 is 56.6 Å². The number of hydrogen-bond donors (Lipinski definition) is 6. The van der Waals surface area contributed by atoms with Crippen molar-refractivity contribution in [2.24, 2.45) is 10.9 Å². The average molecular weight is 597 g/mol. The molecule has 2 amide bonds. The highest BCUT2D eigenvalue weighted by molar-refractivity contribution is 8.02. The lowest BCUT2D eigenvalue weighted by molar-refractivity contribution is -0.218. The first-order valence-corrected chi connectivity index (χ1v) is 13.6. The zero-order valence-electron chi connectivity index (χ0n) is 20.8. The molecule has 0 saturated carbocycles. The highest BCUT2D eigenvalue weighted by Gasteiger charge is 2.58. The summed E-state index contributed by atoms with van der Waals surface area (Å²) in [6, 6.07) is 7.88. The smallest absolute Gasteiger partial charge is 0.418 e. The fourth-order valence-corrected chi connectivity index (χ4v) is 4.97. The number of nitrogens with two attached hydrogens (primary N) is 1. The minimum absolute atomic E-state index is 0.115. The summed E-state index contributed by atoms with van der Waals surface area (Å²) in [6.07, 6.45) is -0.485. The van der Waals surface area contributed by atoms with Crippen molar-refractivity contribution in [2.45, 2.75) is 37.0 Å². The van der Waals surface area contributed by atoms with Gasteiger partial charge in [0.25, 0.3) is 11.8 Å². The monoisotopic (exact) mass is 596 g/mol. The van der Waals surface area contributed by atoms with Crippen LogP contribution in [0.15, 0.2) is 63.7 Å². The topological polar surface area (TPSA) is 235 Å². The normalized spacial score (nSPS) is 21.2. The van der Waals surface area contributed by atoms with Crippen molar-refractivity contribution in [3.8, 4) is 5.75 Å². The Morgan fingerprint density at radius 1 is 1.27 bits per heavy atom. The van der Waals surface area contributed by atoms with Gasteiger partial charge in [-0.15, -0.1) is 4.28 Å². The van der Waals surface area contributed by atoms with Crippen molar-refractivity contribution in [1.82, 2.24) is 20.4 Å². The van der Waals surface area contributed by atoms with Crippen LogP contribution in [0.4, 0.5) is 0 Å². The van der Waals surface area contributed by atoms with Gasteiger partial charge in [0.1, 0.15) is 17.2 Å². The molecule has 40 heavy (non-hydrogen) atoms. The van der Waals surface area contributed by atoms with Crippen LogP contribution in [0, 0.1) is 0 Å². The number of oxime groups is 1. The molecule has 16 nitrogen and oxygen atoms in total. The molecule has 18 heteroatoms. The Morgan fingerprint density at radius 3 is 2.52 bits per heavy atom. The van der Waals surface area contributed by atoms with Gasteiger partial charge in [-0.2, -0.15) is 18.2 Å². The van der Waals surface area contributed by atoms with E-state index in [0.29, 0.717) is 15.4 Å². The minimum Gasteiger partial charge on any atom is -0.503 e. The summed E-state index contributed by atoms with van der Waals surface area (Å²) in [6.45, 7) is 2.76. The van der Waals surface area contributed by atoms with Crippen LogP contribution in [0.25, 0.3) is 0 Å². The molecule has 1 aromatic carbocycles. The fourth-order valence-electron chi connectivity index (χ4n) is 3.86. The van der Waals surface area contributed by atoms with Crippen LogP contribution in [0.5, 0.6) is 5.75 Å². The Labute approximate surface area is 230 Å². The second-order valence-electron chi connectivity index (χ2n) is 9.06. The molecule has 0 bridgehead atoms. The van der Waals surface area contributed by atoms with E-state index in [-0.39, 0.29) is 17.1 Å². The molecule has 3 atom stereocenters. The quantitative estimate of drug-likeness (QED) is 0.0706. The third-order valence-electron chi connectivity index (χ3n) is 5.88. The van der Waals surface area contributed by atoms with Crippen LogP contribution in [0.1, 0.15) is 31.2 Å². The summed E-state index contributed by atoms with van der Waals surface area (Å²) in [5.74, 6) is -2.62. The van der Waals surface area contributed by atoms with Gasteiger partial charge in [-0.3, -0.25) is 18.9 Å². The summed E-state index contributed by atoms with van der Waals surface area (Å²) in [7, 11) is -5.00. The van der Waals surface area contributed by atoms with Crippen LogP contribution in [-0.4, -0.2) is 67.7 Å². The number of amides is 2. The number of rotatable bonds is 9. The van der Waals surface area contributed by atoms with Crippen molar-refractivity contribution in [3.63, 3.8) is 0 Å². The Morgan fingerprint density at radius 2 is 1.95 bits per heavy atom. The highest BCUT2D eigenvalue weighted by Crippen LogP contribution is 2.33. The van der Waals surface area contributed by atoms with E-state index in [9.17, 15) is 33.1 Å². The van der Waals surface area contributed by atoms with Crippen LogP contribution in [0.2, 0.25) is 0 Å². The lowest BCUT2D eigenvalue weighted by Crippen LogP contribution is -2.77. The van der Waals surface area contributed by atoms with Crippen molar-refractivity contribution in [1.29, 1.82) is 0 Å². The van der Waals surface area contributed by atoms with Crippen LogP contribution >= 0.6 is 11.8 Å². The molecule has 7 N–H and O–H groups in total. The second-order valence-corrected chi connectivity index (χ2v) is 11.1. The largest absolute Gasteiger partial charge is 0.503 e. The number of nitrogens with zero attached hydrogens (tertiary/aromatic N) is 3. The summed E-state index contributed by atoms with van der Waals surface area (Å²) in [5.41, 5.74) is 3.01. The lowest BCUT2D eigenvalue weighted by Gasteiger charge is -2.50. The van der Waals surface area contributed by atoms with Gasteiger partial charge in [-0.25, -0.2) is 0 Å². The maximum Gasteiger partial charge on any atom is 0.418 e. The van der Waals surface area contributed by atoms with E-state index in [1.54, 1.807) is 30.3 Å². The maximum absolute atomic E-state index is 13.3. The number of carbonyl (C=O) groups is 2. The maximum atomic E-state index is 13.3. The molecule has 0 spiro atoms. The summed E-state index contributed by atoms with van der Waals surface area (Å²) >= 11 is 1.12. The third kappa shape index (κ3) is 5.89. The predicted octanol–water partition coefficient (Wildman–Crippen LogP) is -0.487. The van der Waals surface area contributed by atoms with Gasteiger partial charge >= 0.3 is 10.4 Å². The number of carbonyl (C=O) groups excluding carboxylic acids is 2. The zero-order chi connectivity index (χ0) is 29.4. The number of thioether (sulfide) groups is 1. The van der Waals surface area contributed by atoms with Crippen molar-refractivity contribution in [2.75, 3.05) is 0 Å². The van der Waals surface area contributed by atoms with Gasteiger partial charge in [-0.1, -0.05) is 47.2 Å². The van der Waals surface area contributed by atoms with E-state index in [4.69, 9.17) is 15.1 Å². The van der Waals surface area contributed by atoms with Crippen LogP contribution in [0.3, 0.4) is 0 Å². The predicted molar refractivity (Wildman–Crippen MR) is 139 cm³/mol. The number of pyridine rings is 1. The number of hydroxylamine groups is 2. The van der Waals surface area contributed by atoms with Crippen molar-refractivity contribution in [3.05, 3.63) is 75.2 Å². The zero-order valence-corrected chi connectivity index (χ0v) is 22.4. The lowest BCUT2D eigenvalue weighted by atomic mass is 9.84. The number of aromatic nitrogens is 1. The van der Waals surface area contributed by atoms with Gasteiger partial charge in [0.15, 0.2) is 17.6 Å². The molecule has 3 unspecified atom stereocenters. The SMILES string of the molecule is CC1(C)C(NC(=O)/C(=N\OC(c2ccccc2)c2cc(=O)c(O)cn2O)C2=CSC(N)N2)C(=O)N1OS(=O)(=O)O. The number of β-lactam (4-membered cyclic amide) rings is 1. The standard InChI is InChI=1S/C22H24N6O10S2/c1-22(2)18(20(32)28(22)38-40(34,35)36)25-19(31)16(12-10-39-21(23)24-12)26-37-17(11-6-4-3-5-7-11)13-8-14(29)15(30)9-27(13)33/h3-10,17-18,21,24,30,33H,23H2,1-2H3,(H,25,31)(H,34,35,36)/b26-16-. The average Bonchev–Trinajstić information content (AvgIpc) is 3.31. The van der Waals surface area contributed by atoms with Crippen LogP contribution in [-0.2, 0) is 29.1 Å². The number of nitrogens with one attached hydrogen (secondary N) is 2. The minimum atomic E-state index is -5.00. The van der Waals surface area contributed by atoms with Crippen molar-refractivity contribution >= 4 is 39.7 Å². The third-order valence-corrected chi connectivity index (χ3v) is 7.00. The first-order valence-electron chi connectivity index (χ1n) is 11.3. The molecule has 2 aliphatic heterocycles. The highest BCUT2D eigenvalue weighted by atomic mass is 32.3. The van der Waals surface area contributed by atoms with Gasteiger partial charge < -0.3 is 31.5 Å². The van der Waals surface area contributed by atoms with Gasteiger partial charge in [0.05, 0.1) is 17.4 Å². The number of aromatic hydroxyl groups is 1. The molecule has 4 rings (SSSR count). The molecule has 0 radical (unpaired) electrons. The van der Waals surface area contributed by atoms with Crippen molar-refractivity contribution < 1.29 is 42.0 Å². The summed E-state index contributed by atoms with van der Waals surface area (Å²) < 4.78 is 35.9. The molecule has 2 aromatic rings. The summed E-state index contributed by atoms with van der Waals surface area (Å²) in [5, 5.41) is 31.1. The van der Waals surface area contributed by atoms with E-state index in [1.165, 1.54) is 19.3 Å². The Bertz CT molecular complexity index is 1560. The molecular weight excluding hydrogens is 572 g/mol. The van der Waals surface area contributed by atoms with E-state index in [2.05, 4.69) is 20.1 Å². The Balaban J connectivity index is 1.67. The number of benzene rings is 1. The first kappa shape index (κ1) is 28.9. The molecule has 214 valence electrons. The van der Waals surface area contributed by atoms with Gasteiger partial charge in [0, 0.05) is 17.0 Å². The Kier molecular flexibility index (Phi) is 7.81. The Hall–Kier alpha value is -4.10. The molecular formula is C22H24N6O10S2.